The van der Waals surface area contributed by atoms with Gasteiger partial charge in [-0.3, -0.25) is 9.55 Å². The van der Waals surface area contributed by atoms with Crippen LogP contribution in [0.4, 0.5) is 0 Å². The Labute approximate surface area is 331 Å². The van der Waals surface area contributed by atoms with Crippen LogP contribution < -0.4 is 0 Å². The van der Waals surface area contributed by atoms with Gasteiger partial charge in [-0.25, -0.2) is 4.98 Å². The number of imidazole rings is 1. The van der Waals surface area contributed by atoms with Crippen molar-refractivity contribution in [1.29, 1.82) is 0 Å². The van der Waals surface area contributed by atoms with Crippen LogP contribution in [0.15, 0.2) is 146 Å². The van der Waals surface area contributed by atoms with E-state index in [0.29, 0.717) is 11.4 Å². The van der Waals surface area contributed by atoms with Crippen molar-refractivity contribution in [2.45, 2.75) is 45.4 Å². The summed E-state index contributed by atoms with van der Waals surface area (Å²) in [5.41, 5.74) is 15.0. The number of para-hydroxylation sites is 1. The molecule has 2 heterocycles. The van der Waals surface area contributed by atoms with Crippen molar-refractivity contribution in [3.05, 3.63) is 168 Å². The van der Waals surface area contributed by atoms with E-state index in [1.54, 1.807) is 0 Å². The predicted octanol–water partition coefficient (Wildman–Crippen LogP) is 12.2. The van der Waals surface area contributed by atoms with Gasteiger partial charge in [0.1, 0.15) is 11.6 Å². The van der Waals surface area contributed by atoms with E-state index in [4.69, 9.17) is 4.98 Å². The van der Waals surface area contributed by atoms with Crippen molar-refractivity contribution in [2.75, 3.05) is 0 Å². The molecule has 0 atom stereocenters. The summed E-state index contributed by atoms with van der Waals surface area (Å²) in [7, 11) is 0. The van der Waals surface area contributed by atoms with Gasteiger partial charge in [-0.15, -0.1) is 29.8 Å². The zero-order valence-corrected chi connectivity index (χ0v) is 33.2. The summed E-state index contributed by atoms with van der Waals surface area (Å²) in [6, 6.07) is 52.1. The van der Waals surface area contributed by atoms with Crippen molar-refractivity contribution in [3.63, 3.8) is 0 Å². The number of phenolic OH excluding ortho intramolecular Hbond substituents is 1. The van der Waals surface area contributed by atoms with E-state index in [1.165, 1.54) is 16.7 Å². The van der Waals surface area contributed by atoms with Crippen molar-refractivity contribution in [1.82, 2.24) is 14.5 Å². The Morgan fingerprint density at radius 1 is 0.630 bits per heavy atom. The molecular formula is C49H40N3OPt-. The topological polar surface area (TPSA) is 50.9 Å². The van der Waals surface area contributed by atoms with E-state index in [1.807, 2.05) is 36.5 Å². The fourth-order valence-electron chi connectivity index (χ4n) is 8.00. The Balaban J connectivity index is 0.00000413. The maximum Gasteiger partial charge on any atom is 0.148 e. The summed E-state index contributed by atoms with van der Waals surface area (Å²) in [6.07, 6.45) is 1.81. The number of hydrogen-bond acceptors (Lipinski definition) is 3. The molecule has 1 N–H and O–H groups in total. The van der Waals surface area contributed by atoms with Gasteiger partial charge in [0.25, 0.3) is 0 Å². The van der Waals surface area contributed by atoms with Crippen LogP contribution in [0, 0.1) is 6.07 Å². The van der Waals surface area contributed by atoms with Gasteiger partial charge in [-0.2, -0.15) is 0 Å². The Morgan fingerprint density at radius 3 is 2.13 bits per heavy atom. The third-order valence-electron chi connectivity index (χ3n) is 10.8. The monoisotopic (exact) mass is 881 g/mol. The average molecular weight is 882 g/mol. The maximum atomic E-state index is 12.1. The van der Waals surface area contributed by atoms with Gasteiger partial charge in [-0.05, 0) is 75.2 Å². The molecule has 1 aliphatic carbocycles. The third kappa shape index (κ3) is 5.81. The zero-order valence-electron chi connectivity index (χ0n) is 31.0. The van der Waals surface area contributed by atoms with E-state index in [9.17, 15) is 5.11 Å². The van der Waals surface area contributed by atoms with Crippen LogP contribution in [0.3, 0.4) is 0 Å². The molecule has 0 spiro atoms. The summed E-state index contributed by atoms with van der Waals surface area (Å²) >= 11 is 0. The zero-order chi connectivity index (χ0) is 36.5. The van der Waals surface area contributed by atoms with Crippen molar-refractivity contribution in [2.24, 2.45) is 0 Å². The van der Waals surface area contributed by atoms with Crippen LogP contribution in [0.1, 0.15) is 51.3 Å². The molecule has 1 aliphatic rings. The first-order valence-electron chi connectivity index (χ1n) is 18.2. The number of phenols is 1. The van der Waals surface area contributed by atoms with Crippen LogP contribution in [0.5, 0.6) is 5.75 Å². The minimum Gasteiger partial charge on any atom is -0.507 e. The number of fused-ring (bicyclic) bond motifs is 4. The molecule has 0 unspecified atom stereocenters. The molecule has 0 saturated carbocycles. The van der Waals surface area contributed by atoms with Crippen LogP contribution in [-0.4, -0.2) is 19.6 Å². The van der Waals surface area contributed by atoms with Gasteiger partial charge < -0.3 is 5.11 Å². The Morgan fingerprint density at radius 2 is 1.35 bits per heavy atom. The second-order valence-corrected chi connectivity index (χ2v) is 15.6. The standard InChI is InChI=1S/C49H40N3O.Pt/c1-48(2,3)34-24-25-43(37(28-34)31-15-7-6-8-16-31)52-44-23-14-20-35(32-17-13-18-33(27-32)42-22-11-12-26-50-42)46(44)51-47(52)39-29-38-36-19-9-10-21-40(36)49(4,5)41(38)30-45(39)53;/h6-26,28-30,53H,1-5H3;/q-1;. The number of rotatable bonds is 5. The van der Waals surface area contributed by atoms with Crippen LogP contribution in [0.2, 0.25) is 0 Å². The first-order valence-corrected chi connectivity index (χ1v) is 18.2. The molecular weight excluding hydrogens is 842 g/mol. The fraction of sp³-hybridized carbons (Fsp3) is 0.143. The molecule has 0 fully saturated rings. The molecule has 0 amide bonds. The van der Waals surface area contributed by atoms with Gasteiger partial charge in [0, 0.05) is 43.9 Å². The minimum absolute atomic E-state index is 0. The molecule has 268 valence electrons. The van der Waals surface area contributed by atoms with Gasteiger partial charge in [-0.1, -0.05) is 131 Å². The second kappa shape index (κ2) is 13.4. The molecule has 4 nitrogen and oxygen atoms in total. The Hall–Kier alpha value is -5.57. The minimum atomic E-state index is -0.243. The first-order chi connectivity index (χ1) is 25.6. The van der Waals surface area contributed by atoms with Crippen LogP contribution in [0.25, 0.3) is 72.7 Å². The van der Waals surface area contributed by atoms with Crippen LogP contribution >= 0.6 is 0 Å². The summed E-state index contributed by atoms with van der Waals surface area (Å²) in [4.78, 5) is 10.1. The van der Waals surface area contributed by atoms with E-state index >= 15 is 0 Å². The number of aromatic hydroxyl groups is 1. The van der Waals surface area contributed by atoms with Crippen LogP contribution in [-0.2, 0) is 31.9 Å². The summed E-state index contributed by atoms with van der Waals surface area (Å²) in [5, 5.41) is 12.1. The molecule has 5 heteroatoms. The molecule has 9 rings (SSSR count). The number of nitrogens with zero attached hydrogens (tertiary/aromatic N) is 3. The van der Waals surface area contributed by atoms with Crippen molar-refractivity contribution < 1.29 is 26.2 Å². The van der Waals surface area contributed by atoms with Crippen molar-refractivity contribution >= 4 is 11.0 Å². The number of benzene rings is 6. The Bertz CT molecular complexity index is 2690. The largest absolute Gasteiger partial charge is 0.507 e. The molecule has 0 aliphatic heterocycles. The molecule has 2 aromatic heterocycles. The van der Waals surface area contributed by atoms with Gasteiger partial charge >= 0.3 is 0 Å². The molecule has 54 heavy (non-hydrogen) atoms. The molecule has 8 aromatic rings. The predicted molar refractivity (Wildman–Crippen MR) is 217 cm³/mol. The summed E-state index contributed by atoms with van der Waals surface area (Å²) in [5.74, 6) is 0.885. The molecule has 6 aromatic carbocycles. The number of hydrogen-bond donors (Lipinski definition) is 1. The number of aromatic nitrogens is 3. The van der Waals surface area contributed by atoms with Gasteiger partial charge in [0.2, 0.25) is 0 Å². The summed E-state index contributed by atoms with van der Waals surface area (Å²) in [6.45, 7) is 11.2. The van der Waals surface area contributed by atoms with E-state index in [-0.39, 0.29) is 37.6 Å². The third-order valence-corrected chi connectivity index (χ3v) is 10.8. The average Bonchev–Trinajstić information content (AvgIpc) is 3.67. The molecule has 0 radical (unpaired) electrons. The number of pyridine rings is 1. The SMILES string of the molecule is CC(C)(C)c1ccc(-n2c(-c3cc4c(cc3O)C(C)(C)c3ccccc3-4)nc3c(-c4[c-]c(-c5ccccn5)ccc4)cccc32)c(-c2ccccc2)c1.[Pt]. The first kappa shape index (κ1) is 35.5. The van der Waals surface area contributed by atoms with Gasteiger partial charge in [0.15, 0.2) is 0 Å². The Kier molecular flexibility index (Phi) is 8.78. The maximum absolute atomic E-state index is 12.1. The summed E-state index contributed by atoms with van der Waals surface area (Å²) < 4.78 is 2.24. The van der Waals surface area contributed by atoms with E-state index < -0.39 is 0 Å². The van der Waals surface area contributed by atoms with E-state index in [0.717, 1.165) is 61.4 Å². The molecule has 0 saturated heterocycles. The van der Waals surface area contributed by atoms with Gasteiger partial charge in [0.05, 0.1) is 22.3 Å². The smallest absolute Gasteiger partial charge is 0.148 e. The van der Waals surface area contributed by atoms with E-state index in [2.05, 4.69) is 159 Å². The quantitative estimate of drug-likeness (QED) is 0.175. The molecule has 0 bridgehead atoms. The normalized spacial score (nSPS) is 13.0. The van der Waals surface area contributed by atoms with Crippen molar-refractivity contribution in [3.8, 4) is 67.5 Å². The fourth-order valence-corrected chi connectivity index (χ4v) is 8.00. The second-order valence-electron chi connectivity index (χ2n) is 15.6.